The number of sulfonamides is 1. The molecule has 0 amide bonds. The zero-order chi connectivity index (χ0) is 15.5. The van der Waals surface area contributed by atoms with E-state index in [0.29, 0.717) is 25.2 Å². The zero-order valence-corrected chi connectivity index (χ0v) is 13.0. The third kappa shape index (κ3) is 3.60. The topological polar surface area (TPSA) is 73.7 Å². The van der Waals surface area contributed by atoms with Gasteiger partial charge in [-0.1, -0.05) is 11.8 Å². The molecule has 1 unspecified atom stereocenters. The maximum atomic E-state index is 12.7. The van der Waals surface area contributed by atoms with Crippen LogP contribution in [0.15, 0.2) is 23.4 Å². The van der Waals surface area contributed by atoms with Crippen LogP contribution in [0.2, 0.25) is 0 Å². The van der Waals surface area contributed by atoms with Gasteiger partial charge in [0.05, 0.1) is 0 Å². The molecule has 0 radical (unpaired) electrons. The second-order valence-electron chi connectivity index (χ2n) is 5.10. The van der Waals surface area contributed by atoms with E-state index in [1.165, 1.54) is 22.8 Å². The molecule has 1 aromatic rings. The Labute approximate surface area is 125 Å². The molecule has 1 atom stereocenters. The van der Waals surface area contributed by atoms with Gasteiger partial charge in [0.2, 0.25) is 10.0 Å². The van der Waals surface area contributed by atoms with Gasteiger partial charge in [0.15, 0.2) is 0 Å². The van der Waals surface area contributed by atoms with E-state index in [4.69, 9.17) is 5.11 Å². The predicted octanol–water partition coefficient (Wildman–Crippen LogP) is -0.250. The Morgan fingerprint density at radius 3 is 2.86 bits per heavy atom. The highest BCUT2D eigenvalue weighted by atomic mass is 32.2. The lowest BCUT2D eigenvalue weighted by atomic mass is 10.2. The lowest BCUT2D eigenvalue weighted by molar-refractivity contribution is 0.170. The third-order valence-corrected chi connectivity index (χ3v) is 5.38. The number of hydrogen-bond acceptors (Lipinski definition) is 5. The van der Waals surface area contributed by atoms with Crippen LogP contribution in [0.25, 0.3) is 0 Å². The number of rotatable bonds is 2. The molecular formula is C14H19N3O3S. The van der Waals surface area contributed by atoms with Gasteiger partial charge in [0, 0.05) is 43.6 Å². The number of piperazine rings is 1. The van der Waals surface area contributed by atoms with Crippen molar-refractivity contribution in [3.63, 3.8) is 0 Å². The Morgan fingerprint density at radius 1 is 1.43 bits per heavy atom. The van der Waals surface area contributed by atoms with Gasteiger partial charge in [-0.05, 0) is 20.0 Å². The first-order chi connectivity index (χ1) is 9.95. The molecule has 21 heavy (non-hydrogen) atoms. The highest BCUT2D eigenvalue weighted by Gasteiger charge is 2.32. The maximum Gasteiger partial charge on any atom is 0.244 e. The second-order valence-corrected chi connectivity index (χ2v) is 6.99. The molecule has 1 N–H and O–H groups in total. The van der Waals surface area contributed by atoms with E-state index < -0.39 is 10.0 Å². The summed E-state index contributed by atoms with van der Waals surface area (Å²) in [5.74, 6) is 5.16. The van der Waals surface area contributed by atoms with Gasteiger partial charge < -0.3 is 10.0 Å². The third-order valence-electron chi connectivity index (χ3n) is 3.40. The number of pyridine rings is 1. The largest absolute Gasteiger partial charge is 0.384 e. The fraction of sp³-hybridized carbons (Fsp3) is 0.500. The average Bonchev–Trinajstić information content (AvgIpc) is 2.45. The Morgan fingerprint density at radius 2 is 2.19 bits per heavy atom. The molecule has 1 aromatic heterocycles. The molecule has 1 fully saturated rings. The first-order valence-electron chi connectivity index (χ1n) is 6.70. The highest BCUT2D eigenvalue weighted by molar-refractivity contribution is 7.89. The molecular weight excluding hydrogens is 290 g/mol. The van der Waals surface area contributed by atoms with Crippen molar-refractivity contribution in [3.8, 4) is 11.8 Å². The average molecular weight is 309 g/mol. The Hall–Kier alpha value is -1.46. The zero-order valence-electron chi connectivity index (χ0n) is 12.2. The summed E-state index contributed by atoms with van der Waals surface area (Å²) >= 11 is 0. The van der Waals surface area contributed by atoms with Crippen molar-refractivity contribution in [2.24, 2.45) is 0 Å². The van der Waals surface area contributed by atoms with Crippen LogP contribution in [0.3, 0.4) is 0 Å². The number of likely N-dealkylation sites (N-methyl/N-ethyl adjacent to an activating group) is 1. The van der Waals surface area contributed by atoms with Crippen molar-refractivity contribution in [2.75, 3.05) is 33.3 Å². The Kier molecular flexibility index (Phi) is 4.96. The molecule has 7 heteroatoms. The summed E-state index contributed by atoms with van der Waals surface area (Å²) in [5.41, 5.74) is 0.479. The molecule has 0 saturated carbocycles. The van der Waals surface area contributed by atoms with Crippen LogP contribution in [-0.4, -0.2) is 67.0 Å². The van der Waals surface area contributed by atoms with E-state index in [2.05, 4.69) is 21.7 Å². The van der Waals surface area contributed by atoms with Crippen LogP contribution >= 0.6 is 0 Å². The summed E-state index contributed by atoms with van der Waals surface area (Å²) in [5, 5.41) is 8.70. The number of aliphatic hydroxyl groups excluding tert-OH is 1. The van der Waals surface area contributed by atoms with E-state index in [9.17, 15) is 8.42 Å². The standard InChI is InChI=1S/C14H19N3O3S/c1-12-11-16(2)5-6-17(12)21(19,20)14-8-13(4-3-7-18)9-15-10-14/h8-10,12,18H,5-7,11H2,1-2H3. The fourth-order valence-electron chi connectivity index (χ4n) is 2.39. The first-order valence-corrected chi connectivity index (χ1v) is 8.14. The van der Waals surface area contributed by atoms with Crippen LogP contribution in [-0.2, 0) is 10.0 Å². The minimum Gasteiger partial charge on any atom is -0.384 e. The molecule has 1 aliphatic heterocycles. The van der Waals surface area contributed by atoms with Gasteiger partial charge in [-0.25, -0.2) is 8.42 Å². The van der Waals surface area contributed by atoms with Gasteiger partial charge in [0.1, 0.15) is 11.5 Å². The van der Waals surface area contributed by atoms with Crippen molar-refractivity contribution in [1.82, 2.24) is 14.2 Å². The molecule has 0 aromatic carbocycles. The van der Waals surface area contributed by atoms with E-state index in [-0.39, 0.29) is 17.5 Å². The van der Waals surface area contributed by atoms with Crippen molar-refractivity contribution in [1.29, 1.82) is 0 Å². The molecule has 0 bridgehead atoms. The molecule has 1 saturated heterocycles. The maximum absolute atomic E-state index is 12.7. The van der Waals surface area contributed by atoms with Crippen molar-refractivity contribution >= 4 is 10.0 Å². The molecule has 1 aliphatic rings. The van der Waals surface area contributed by atoms with E-state index >= 15 is 0 Å². The van der Waals surface area contributed by atoms with Gasteiger partial charge in [0.25, 0.3) is 0 Å². The normalized spacial score (nSPS) is 20.8. The van der Waals surface area contributed by atoms with Crippen LogP contribution in [0.5, 0.6) is 0 Å². The molecule has 2 rings (SSSR count). The summed E-state index contributed by atoms with van der Waals surface area (Å²) in [6.07, 6.45) is 2.82. The Bertz CT molecular complexity index is 664. The lowest BCUT2D eigenvalue weighted by Gasteiger charge is -2.37. The van der Waals surface area contributed by atoms with Gasteiger partial charge in [-0.2, -0.15) is 4.31 Å². The smallest absolute Gasteiger partial charge is 0.244 e. The SMILES string of the molecule is CC1CN(C)CCN1S(=O)(=O)c1cncc(C#CCO)c1. The van der Waals surface area contributed by atoms with Gasteiger partial charge in [-0.15, -0.1) is 0 Å². The predicted molar refractivity (Wildman–Crippen MR) is 79.1 cm³/mol. The summed E-state index contributed by atoms with van der Waals surface area (Å²) in [4.78, 5) is 6.19. The van der Waals surface area contributed by atoms with E-state index in [1.54, 1.807) is 0 Å². The Balaban J connectivity index is 2.31. The molecule has 0 aliphatic carbocycles. The summed E-state index contributed by atoms with van der Waals surface area (Å²) in [6.45, 7) is 3.51. The van der Waals surface area contributed by atoms with Crippen molar-refractivity contribution in [3.05, 3.63) is 24.0 Å². The van der Waals surface area contributed by atoms with Crippen LogP contribution in [0.1, 0.15) is 12.5 Å². The summed E-state index contributed by atoms with van der Waals surface area (Å²) < 4.78 is 26.9. The quantitative estimate of drug-likeness (QED) is 0.763. The first kappa shape index (κ1) is 15.9. The molecule has 2 heterocycles. The minimum atomic E-state index is -3.57. The van der Waals surface area contributed by atoms with Crippen LogP contribution in [0, 0.1) is 11.8 Å². The number of aliphatic hydroxyl groups is 1. The number of hydrogen-bond donors (Lipinski definition) is 1. The number of nitrogens with zero attached hydrogens (tertiary/aromatic N) is 3. The van der Waals surface area contributed by atoms with Crippen molar-refractivity contribution in [2.45, 2.75) is 17.9 Å². The summed E-state index contributed by atoms with van der Waals surface area (Å²) in [7, 11) is -1.59. The van der Waals surface area contributed by atoms with Gasteiger partial charge >= 0.3 is 0 Å². The van der Waals surface area contributed by atoms with Crippen molar-refractivity contribution < 1.29 is 13.5 Å². The monoisotopic (exact) mass is 309 g/mol. The lowest BCUT2D eigenvalue weighted by Crippen LogP contribution is -2.52. The van der Waals surface area contributed by atoms with E-state index in [1.807, 2.05) is 14.0 Å². The minimum absolute atomic E-state index is 0.0825. The van der Waals surface area contributed by atoms with Gasteiger partial charge in [-0.3, -0.25) is 4.98 Å². The summed E-state index contributed by atoms with van der Waals surface area (Å²) in [6, 6.07) is 1.41. The van der Waals surface area contributed by atoms with E-state index in [0.717, 1.165) is 0 Å². The van der Waals surface area contributed by atoms with Crippen LogP contribution < -0.4 is 0 Å². The number of aromatic nitrogens is 1. The fourth-order valence-corrected chi connectivity index (χ4v) is 3.99. The molecule has 0 spiro atoms. The highest BCUT2D eigenvalue weighted by Crippen LogP contribution is 2.20. The van der Waals surface area contributed by atoms with Crippen LogP contribution in [0.4, 0.5) is 0 Å². The molecule has 6 nitrogen and oxygen atoms in total. The second kappa shape index (κ2) is 6.54. The molecule has 114 valence electrons.